The van der Waals surface area contributed by atoms with E-state index in [1.54, 1.807) is 0 Å². The van der Waals surface area contributed by atoms with Crippen molar-refractivity contribution in [3.63, 3.8) is 0 Å². The van der Waals surface area contributed by atoms with Crippen molar-refractivity contribution in [2.24, 2.45) is 0 Å². The quantitative estimate of drug-likeness (QED) is 0.203. The maximum absolute atomic E-state index is 6.65. The third-order valence-electron chi connectivity index (χ3n) is 6.09. The van der Waals surface area contributed by atoms with E-state index in [1.165, 1.54) is 33.4 Å². The minimum atomic E-state index is -2.59. The Morgan fingerprint density at radius 1 is 0.853 bits per heavy atom. The Hall–Kier alpha value is -1.04. The normalized spacial score (nSPS) is 12.3. The molecule has 0 unspecified atom stereocenters. The first-order valence-electron chi connectivity index (χ1n) is 12.3. The summed E-state index contributed by atoms with van der Waals surface area (Å²) in [7, 11) is 0. The van der Waals surface area contributed by atoms with Gasteiger partial charge in [-0.05, 0) is 67.5 Å². The average molecular weight is 598 g/mol. The second kappa shape index (κ2) is 13.3. The van der Waals surface area contributed by atoms with Crippen LogP contribution in [0.5, 0.6) is 17.2 Å². The van der Waals surface area contributed by atoms with Gasteiger partial charge >= 0.3 is 15.1 Å². The molecule has 175 valence electrons. The molecule has 0 saturated carbocycles. The molecule has 4 rings (SSSR count). The van der Waals surface area contributed by atoms with Crippen molar-refractivity contribution in [1.29, 1.82) is 0 Å². The van der Waals surface area contributed by atoms with Gasteiger partial charge in [0.25, 0.3) is 0 Å². The van der Waals surface area contributed by atoms with Gasteiger partial charge in [-0.2, -0.15) is 18.2 Å². The molecule has 1 radical (unpaired) electrons. The summed E-state index contributed by atoms with van der Waals surface area (Å²) in [5.41, 5.74) is 7.54. The largest absolute Gasteiger partial charge is 1.20 e. The monoisotopic (exact) mass is 598 g/mol. The first-order chi connectivity index (χ1) is 16.1. The van der Waals surface area contributed by atoms with Gasteiger partial charge in [0, 0.05) is 47.7 Å². The molecule has 0 fully saturated rings. The zero-order valence-corrected chi connectivity index (χ0v) is 25.8. The molecule has 3 aromatic rings. The van der Waals surface area contributed by atoms with Crippen molar-refractivity contribution in [3.05, 3.63) is 88.0 Å². The molecule has 34 heavy (non-hydrogen) atoms. The fraction of sp³-hybridized carbons (Fsp3) is 0.379. The van der Waals surface area contributed by atoms with Crippen LogP contribution in [0.2, 0.25) is 0 Å². The fourth-order valence-electron chi connectivity index (χ4n) is 4.55. The molecule has 0 spiro atoms. The molecule has 1 aliphatic heterocycles. The summed E-state index contributed by atoms with van der Waals surface area (Å²) in [4.78, 5) is 0. The van der Waals surface area contributed by atoms with E-state index in [0.29, 0.717) is 5.75 Å². The van der Waals surface area contributed by atoms with Gasteiger partial charge < -0.3 is 11.4 Å². The molecule has 3 aromatic carbocycles. The van der Waals surface area contributed by atoms with Gasteiger partial charge in [0.15, 0.2) is 0 Å². The Morgan fingerprint density at radius 2 is 1.41 bits per heavy atom. The van der Waals surface area contributed by atoms with Gasteiger partial charge in [-0.15, -0.1) is 12.1 Å². The number of fused-ring (bicyclic) bond motifs is 2. The topological polar surface area (TPSA) is 27.7 Å². The van der Waals surface area contributed by atoms with Gasteiger partial charge in [0.05, 0.1) is 11.5 Å². The minimum absolute atomic E-state index is 0. The van der Waals surface area contributed by atoms with Crippen molar-refractivity contribution < 1.29 is 52.7 Å². The average Bonchev–Trinajstić information content (AvgIpc) is 2.79. The third kappa shape index (κ3) is 7.01. The van der Waals surface area contributed by atoms with Crippen LogP contribution in [-0.2, 0) is 19.3 Å². The molecule has 1 heterocycles. The van der Waals surface area contributed by atoms with Gasteiger partial charge in [-0.1, -0.05) is 62.1 Å². The Kier molecular flexibility index (Phi) is 10.8. The summed E-state index contributed by atoms with van der Waals surface area (Å²) in [5.74, 6) is 2.59. The second-order valence-electron chi connectivity index (χ2n) is 9.08. The molecule has 0 saturated heterocycles. The van der Waals surface area contributed by atoms with Crippen LogP contribution in [0.25, 0.3) is 0 Å². The molecule has 0 N–H and O–H groups in total. The van der Waals surface area contributed by atoms with Gasteiger partial charge in [0.1, 0.15) is 0 Å². The van der Waals surface area contributed by atoms with Gasteiger partial charge in [-0.3, -0.25) is 0 Å². The van der Waals surface area contributed by atoms with Crippen molar-refractivity contribution in [2.75, 3.05) is 0 Å². The summed E-state index contributed by atoms with van der Waals surface area (Å²) in [6.45, 7) is 8.82. The molecule has 0 bridgehead atoms. The van der Waals surface area contributed by atoms with Crippen LogP contribution >= 0.6 is 0 Å². The maximum atomic E-state index is 6.65. The van der Waals surface area contributed by atoms with Gasteiger partial charge in [0.2, 0.25) is 0 Å². The Balaban J connectivity index is 0.00000324. The molecular weight excluding hydrogens is 564 g/mol. The smallest absolute Gasteiger partial charge is 0.596 e. The molecule has 3 nitrogen and oxygen atoms in total. The molecular formula is C29H34AlO3Pr-. The van der Waals surface area contributed by atoms with Crippen LogP contribution in [0.15, 0.2) is 48.5 Å². The number of rotatable bonds is 8. The van der Waals surface area contributed by atoms with E-state index in [9.17, 15) is 0 Å². The van der Waals surface area contributed by atoms with Crippen molar-refractivity contribution in [1.82, 2.24) is 0 Å². The SMILES string of the molecule is CCCCc1cc(C)cc2c1[O][Al]([O]c1[c-]cccc1)[O]c1c(CCCC)cc(C)cc1C2.[Pr]. The van der Waals surface area contributed by atoms with E-state index in [-0.39, 0.29) is 41.3 Å². The Labute approximate surface area is 243 Å². The Bertz CT molecular complexity index is 1020. The molecule has 0 aromatic heterocycles. The summed E-state index contributed by atoms with van der Waals surface area (Å²) in [5, 5.41) is 0. The minimum Gasteiger partial charge on any atom is -0.596 e. The van der Waals surface area contributed by atoms with Crippen LogP contribution < -0.4 is 11.4 Å². The van der Waals surface area contributed by atoms with E-state index in [4.69, 9.17) is 11.4 Å². The van der Waals surface area contributed by atoms with Crippen molar-refractivity contribution >= 4 is 15.1 Å². The van der Waals surface area contributed by atoms with E-state index in [1.807, 2.05) is 24.3 Å². The summed E-state index contributed by atoms with van der Waals surface area (Å²) in [6.07, 6.45) is 7.39. The van der Waals surface area contributed by atoms with Crippen LogP contribution in [0.3, 0.4) is 0 Å². The predicted octanol–water partition coefficient (Wildman–Crippen LogP) is 7.21. The van der Waals surface area contributed by atoms with E-state index >= 15 is 0 Å². The molecule has 0 amide bonds. The van der Waals surface area contributed by atoms with Crippen LogP contribution in [-0.4, -0.2) is 15.1 Å². The first kappa shape index (κ1) is 27.5. The van der Waals surface area contributed by atoms with Crippen LogP contribution in [0, 0.1) is 61.2 Å². The van der Waals surface area contributed by atoms with E-state index in [0.717, 1.165) is 56.4 Å². The standard InChI is InChI=1S/C23H32O2.C6H5O.Al.Pr/c1-5-7-9-18-11-16(3)13-20(22(18)24)15-21-14-17(4)12-19(23(21)25)10-8-6-2;7-6-4-2-1-3-5-6;;/h11-14,24-25H,5-10,15H2,1-4H3;1-4,7H;;/q;-1;+3;/p-3. The summed E-state index contributed by atoms with van der Waals surface area (Å²) in [6, 6.07) is 19.9. The van der Waals surface area contributed by atoms with E-state index < -0.39 is 15.1 Å². The third-order valence-corrected chi connectivity index (χ3v) is 7.39. The number of hydrogen-bond acceptors (Lipinski definition) is 3. The first-order valence-corrected chi connectivity index (χ1v) is 13.7. The molecule has 0 atom stereocenters. The number of aryl methyl sites for hydroxylation is 4. The number of unbranched alkanes of at least 4 members (excludes halogenated alkanes) is 2. The predicted molar refractivity (Wildman–Crippen MR) is 135 cm³/mol. The second-order valence-corrected chi connectivity index (χ2v) is 10.4. The van der Waals surface area contributed by atoms with Crippen molar-refractivity contribution in [3.8, 4) is 17.2 Å². The number of hydrogen-bond donors (Lipinski definition) is 0. The fourth-order valence-corrected chi connectivity index (χ4v) is 6.04. The van der Waals surface area contributed by atoms with E-state index in [2.05, 4.69) is 58.0 Å². The summed E-state index contributed by atoms with van der Waals surface area (Å²) < 4.78 is 19.6. The maximum Gasteiger partial charge on any atom is 1.20 e. The zero-order chi connectivity index (χ0) is 23.2. The molecule has 0 aliphatic carbocycles. The number of benzene rings is 3. The molecule has 5 heteroatoms. The van der Waals surface area contributed by atoms with Crippen molar-refractivity contribution in [2.45, 2.75) is 72.6 Å². The van der Waals surface area contributed by atoms with Gasteiger partial charge in [-0.25, -0.2) is 0 Å². The number of para-hydroxylation sites is 1. The summed E-state index contributed by atoms with van der Waals surface area (Å²) >= 11 is -2.59. The zero-order valence-electron chi connectivity index (χ0n) is 20.9. The Morgan fingerprint density at radius 3 is 1.88 bits per heavy atom. The van der Waals surface area contributed by atoms with Crippen LogP contribution in [0.1, 0.15) is 72.9 Å². The van der Waals surface area contributed by atoms with Crippen LogP contribution in [0.4, 0.5) is 0 Å². The molecule has 1 aliphatic rings.